The summed E-state index contributed by atoms with van der Waals surface area (Å²) in [6, 6.07) is -2.04. The molecular weight excluding hydrogens is 348 g/mol. The summed E-state index contributed by atoms with van der Waals surface area (Å²) in [6.45, 7) is 12.7. The van der Waals surface area contributed by atoms with E-state index in [4.69, 9.17) is 0 Å². The molecule has 3 atom stereocenters. The van der Waals surface area contributed by atoms with Crippen LogP contribution in [0.2, 0.25) is 0 Å². The van der Waals surface area contributed by atoms with Crippen LogP contribution in [0.5, 0.6) is 0 Å². The predicted molar refractivity (Wildman–Crippen MR) is 103 cm³/mol. The number of nitrogens with one attached hydrogen (secondary N) is 3. The summed E-state index contributed by atoms with van der Waals surface area (Å²) in [7, 11) is 0. The molecule has 27 heavy (non-hydrogen) atoms. The number of rotatable bonds is 6. The van der Waals surface area contributed by atoms with E-state index in [-0.39, 0.29) is 29.7 Å². The predicted octanol–water partition coefficient (Wildman–Crippen LogP) is 0.558. The lowest BCUT2D eigenvalue weighted by atomic mass is 9.95. The van der Waals surface area contributed by atoms with Crippen LogP contribution in [0.15, 0.2) is 0 Å². The van der Waals surface area contributed by atoms with Gasteiger partial charge < -0.3 is 20.9 Å². The van der Waals surface area contributed by atoms with E-state index in [0.717, 1.165) is 0 Å². The van der Waals surface area contributed by atoms with Gasteiger partial charge in [-0.25, -0.2) is 0 Å². The highest BCUT2D eigenvalue weighted by atomic mass is 16.2. The fourth-order valence-corrected chi connectivity index (χ4v) is 2.81. The van der Waals surface area contributed by atoms with Gasteiger partial charge >= 0.3 is 0 Å². The van der Waals surface area contributed by atoms with E-state index < -0.39 is 23.5 Å². The summed E-state index contributed by atoms with van der Waals surface area (Å²) in [5, 5.41) is 8.14. The molecule has 1 saturated heterocycles. The summed E-state index contributed by atoms with van der Waals surface area (Å²) in [5.74, 6) is -1.12. The maximum absolute atomic E-state index is 12.7. The molecule has 154 valence electrons. The van der Waals surface area contributed by atoms with Crippen LogP contribution in [0.3, 0.4) is 0 Å². The highest BCUT2D eigenvalue weighted by molar-refractivity contribution is 5.94. The summed E-state index contributed by atoms with van der Waals surface area (Å²) in [5.41, 5.74) is -0.602. The Labute approximate surface area is 161 Å². The SMILES string of the molecule is CC(C)NC(=O)[C@H](C)NC(=O)[C@@H]1CCCN1C(=O)[C@@H](C)NC(=O)C(C)(C)C. The van der Waals surface area contributed by atoms with Gasteiger partial charge in [0.1, 0.15) is 18.1 Å². The molecule has 8 nitrogen and oxygen atoms in total. The van der Waals surface area contributed by atoms with Crippen LogP contribution < -0.4 is 16.0 Å². The van der Waals surface area contributed by atoms with Gasteiger partial charge in [-0.15, -0.1) is 0 Å². The fourth-order valence-electron chi connectivity index (χ4n) is 2.81. The molecule has 0 bridgehead atoms. The zero-order chi connectivity index (χ0) is 20.9. The number of carbonyl (C=O) groups excluding carboxylic acids is 4. The Balaban J connectivity index is 2.71. The van der Waals surface area contributed by atoms with Crippen molar-refractivity contribution in [3.63, 3.8) is 0 Å². The summed E-state index contributed by atoms with van der Waals surface area (Å²) in [6.07, 6.45) is 1.24. The Bertz CT molecular complexity index is 583. The molecule has 0 aromatic rings. The quantitative estimate of drug-likeness (QED) is 0.624. The largest absolute Gasteiger partial charge is 0.352 e. The van der Waals surface area contributed by atoms with Crippen molar-refractivity contribution in [2.75, 3.05) is 6.54 Å². The van der Waals surface area contributed by atoms with Crippen LogP contribution in [-0.4, -0.2) is 59.2 Å². The number of nitrogens with zero attached hydrogens (tertiary/aromatic N) is 1. The van der Waals surface area contributed by atoms with Crippen LogP contribution in [0.1, 0.15) is 61.3 Å². The molecule has 0 aromatic carbocycles. The minimum absolute atomic E-state index is 0.0197. The molecule has 0 aliphatic carbocycles. The van der Waals surface area contributed by atoms with Crippen molar-refractivity contribution < 1.29 is 19.2 Å². The van der Waals surface area contributed by atoms with E-state index in [1.54, 1.807) is 34.6 Å². The molecule has 8 heteroatoms. The first-order valence-corrected chi connectivity index (χ1v) is 9.56. The number of hydrogen-bond acceptors (Lipinski definition) is 4. The first-order chi connectivity index (χ1) is 12.3. The highest BCUT2D eigenvalue weighted by Gasteiger charge is 2.37. The van der Waals surface area contributed by atoms with Crippen LogP contribution in [0.4, 0.5) is 0 Å². The molecule has 1 rings (SSSR count). The smallest absolute Gasteiger partial charge is 0.245 e. The van der Waals surface area contributed by atoms with Crippen molar-refractivity contribution in [3.05, 3.63) is 0 Å². The van der Waals surface area contributed by atoms with Crippen molar-refractivity contribution in [2.45, 2.75) is 85.5 Å². The Morgan fingerprint density at radius 1 is 0.926 bits per heavy atom. The molecule has 0 spiro atoms. The second-order valence-electron chi connectivity index (χ2n) is 8.53. The fraction of sp³-hybridized carbons (Fsp3) is 0.789. The molecule has 1 fully saturated rings. The average Bonchev–Trinajstić information content (AvgIpc) is 3.01. The molecule has 1 heterocycles. The van der Waals surface area contributed by atoms with Crippen LogP contribution in [0.25, 0.3) is 0 Å². The molecule has 0 unspecified atom stereocenters. The first-order valence-electron chi connectivity index (χ1n) is 9.56. The first kappa shape index (κ1) is 22.9. The van der Waals surface area contributed by atoms with E-state index in [2.05, 4.69) is 16.0 Å². The maximum Gasteiger partial charge on any atom is 0.245 e. The molecule has 4 amide bonds. The van der Waals surface area contributed by atoms with Gasteiger partial charge in [-0.3, -0.25) is 19.2 Å². The van der Waals surface area contributed by atoms with E-state index in [1.165, 1.54) is 4.90 Å². The van der Waals surface area contributed by atoms with Crippen LogP contribution in [0, 0.1) is 5.41 Å². The Kier molecular flexibility index (Phi) is 7.80. The van der Waals surface area contributed by atoms with Gasteiger partial charge in [-0.05, 0) is 40.5 Å². The van der Waals surface area contributed by atoms with Gasteiger partial charge in [0.2, 0.25) is 23.6 Å². The minimum atomic E-state index is -0.716. The summed E-state index contributed by atoms with van der Waals surface area (Å²) in [4.78, 5) is 50.9. The second kappa shape index (κ2) is 9.19. The normalized spacial score (nSPS) is 19.4. The molecule has 3 N–H and O–H groups in total. The topological polar surface area (TPSA) is 108 Å². The van der Waals surface area contributed by atoms with Crippen LogP contribution >= 0.6 is 0 Å². The zero-order valence-electron chi connectivity index (χ0n) is 17.5. The van der Waals surface area contributed by atoms with Gasteiger partial charge in [-0.2, -0.15) is 0 Å². The van der Waals surface area contributed by atoms with Gasteiger partial charge in [0.25, 0.3) is 0 Å². The monoisotopic (exact) mass is 382 g/mol. The number of likely N-dealkylation sites (tertiary alicyclic amines) is 1. The average molecular weight is 383 g/mol. The van der Waals surface area contributed by atoms with Crippen molar-refractivity contribution in [3.8, 4) is 0 Å². The van der Waals surface area contributed by atoms with Gasteiger partial charge in [-0.1, -0.05) is 20.8 Å². The van der Waals surface area contributed by atoms with E-state index in [9.17, 15) is 19.2 Å². The lowest BCUT2D eigenvalue weighted by Crippen LogP contribution is -2.56. The van der Waals surface area contributed by atoms with Crippen LogP contribution in [-0.2, 0) is 19.2 Å². The third-order valence-corrected chi connectivity index (χ3v) is 4.42. The van der Waals surface area contributed by atoms with E-state index in [0.29, 0.717) is 19.4 Å². The molecular formula is C19H34N4O4. The standard InChI is InChI=1S/C19H34N4O4/c1-11(2)20-15(24)12(3)21-16(25)14-9-8-10-23(14)17(26)13(4)22-18(27)19(5,6)7/h11-14H,8-10H2,1-7H3,(H,20,24)(H,21,25)(H,22,27)/t12-,13+,14-/m0/s1. The van der Waals surface area contributed by atoms with Crippen molar-refractivity contribution in [2.24, 2.45) is 5.41 Å². The van der Waals surface area contributed by atoms with E-state index in [1.807, 2.05) is 13.8 Å². The lowest BCUT2D eigenvalue weighted by molar-refractivity contribution is -0.142. The molecule has 1 aliphatic heterocycles. The number of amides is 4. The lowest BCUT2D eigenvalue weighted by Gasteiger charge is -2.29. The molecule has 0 saturated carbocycles. The molecule has 0 radical (unpaired) electrons. The van der Waals surface area contributed by atoms with E-state index >= 15 is 0 Å². The number of carbonyl (C=O) groups is 4. The van der Waals surface area contributed by atoms with Crippen molar-refractivity contribution >= 4 is 23.6 Å². The van der Waals surface area contributed by atoms with Gasteiger partial charge in [0.05, 0.1) is 0 Å². The second-order valence-corrected chi connectivity index (χ2v) is 8.53. The Hall–Kier alpha value is -2.12. The van der Waals surface area contributed by atoms with Crippen molar-refractivity contribution in [1.82, 2.24) is 20.9 Å². The highest BCUT2D eigenvalue weighted by Crippen LogP contribution is 2.19. The van der Waals surface area contributed by atoms with Gasteiger partial charge in [0, 0.05) is 18.0 Å². The molecule has 1 aliphatic rings. The molecule has 0 aromatic heterocycles. The Morgan fingerprint density at radius 2 is 1.52 bits per heavy atom. The summed E-state index contributed by atoms with van der Waals surface area (Å²) < 4.78 is 0. The minimum Gasteiger partial charge on any atom is -0.352 e. The third kappa shape index (κ3) is 6.52. The third-order valence-electron chi connectivity index (χ3n) is 4.42. The maximum atomic E-state index is 12.7. The van der Waals surface area contributed by atoms with Crippen molar-refractivity contribution in [1.29, 1.82) is 0 Å². The Morgan fingerprint density at radius 3 is 2.04 bits per heavy atom. The zero-order valence-corrected chi connectivity index (χ0v) is 17.5. The van der Waals surface area contributed by atoms with Gasteiger partial charge in [0.15, 0.2) is 0 Å². The summed E-state index contributed by atoms with van der Waals surface area (Å²) >= 11 is 0. The number of hydrogen-bond donors (Lipinski definition) is 3.